The molecule has 2 heterocycles. The predicted octanol–water partition coefficient (Wildman–Crippen LogP) is 2.63. The van der Waals surface area contributed by atoms with Crippen LogP contribution in [0.1, 0.15) is 55.8 Å². The maximum Gasteiger partial charge on any atom is 0.253 e. The van der Waals surface area contributed by atoms with Gasteiger partial charge in [-0.3, -0.25) is 14.5 Å². The van der Waals surface area contributed by atoms with Crippen molar-refractivity contribution in [1.29, 1.82) is 0 Å². The van der Waals surface area contributed by atoms with Crippen LogP contribution < -0.4 is 5.32 Å². The molecule has 2 N–H and O–H groups in total. The molecule has 0 aliphatic carbocycles. The van der Waals surface area contributed by atoms with E-state index in [9.17, 15) is 14.7 Å². The molecule has 0 radical (unpaired) electrons. The number of piperidine rings is 1. The number of hydrogen-bond donors (Lipinski definition) is 2. The number of phenolic OH excluding ortho intramolecular Hbond substituents is 1. The van der Waals surface area contributed by atoms with Crippen molar-refractivity contribution in [1.82, 2.24) is 15.1 Å². The first-order chi connectivity index (χ1) is 13.6. The Morgan fingerprint density at radius 1 is 1.18 bits per heavy atom. The highest BCUT2D eigenvalue weighted by Gasteiger charge is 2.25. The smallest absolute Gasteiger partial charge is 0.253 e. The van der Waals surface area contributed by atoms with Gasteiger partial charge in [-0.25, -0.2) is 0 Å². The lowest BCUT2D eigenvalue weighted by molar-refractivity contribution is -0.121. The molecule has 1 aromatic rings. The number of nitrogens with one attached hydrogen (secondary N) is 1. The highest BCUT2D eigenvalue weighted by molar-refractivity contribution is 5.94. The lowest BCUT2D eigenvalue weighted by Crippen LogP contribution is -2.40. The number of aromatic hydroxyl groups is 1. The number of nitrogens with zero attached hydrogens (tertiary/aromatic N) is 2. The third-order valence-corrected chi connectivity index (χ3v) is 6.21. The second-order valence-corrected chi connectivity index (χ2v) is 8.05. The van der Waals surface area contributed by atoms with Crippen molar-refractivity contribution in [3.8, 4) is 5.75 Å². The Morgan fingerprint density at radius 2 is 1.96 bits per heavy atom. The van der Waals surface area contributed by atoms with Crippen LogP contribution in [0.3, 0.4) is 0 Å². The zero-order valence-electron chi connectivity index (χ0n) is 16.9. The van der Waals surface area contributed by atoms with Crippen molar-refractivity contribution in [2.45, 2.75) is 51.5 Å². The van der Waals surface area contributed by atoms with E-state index in [-0.39, 0.29) is 17.6 Å². The molecule has 2 aliphatic heterocycles. The monoisotopic (exact) mass is 387 g/mol. The Kier molecular flexibility index (Phi) is 7.31. The van der Waals surface area contributed by atoms with E-state index in [0.29, 0.717) is 37.0 Å². The summed E-state index contributed by atoms with van der Waals surface area (Å²) in [5.74, 6) is 0.745. The van der Waals surface area contributed by atoms with Gasteiger partial charge in [-0.15, -0.1) is 0 Å². The van der Waals surface area contributed by atoms with Gasteiger partial charge in [0.15, 0.2) is 0 Å². The van der Waals surface area contributed by atoms with E-state index >= 15 is 0 Å². The minimum atomic E-state index is -0.0239. The fraction of sp³-hybridized carbons (Fsp3) is 0.636. The topological polar surface area (TPSA) is 72.9 Å². The summed E-state index contributed by atoms with van der Waals surface area (Å²) in [7, 11) is 0. The number of hydrogen-bond acceptors (Lipinski definition) is 4. The van der Waals surface area contributed by atoms with Crippen LogP contribution >= 0.6 is 0 Å². The Hall–Kier alpha value is -2.08. The quantitative estimate of drug-likeness (QED) is 0.754. The number of benzene rings is 1. The highest BCUT2D eigenvalue weighted by Crippen LogP contribution is 2.24. The van der Waals surface area contributed by atoms with E-state index in [1.54, 1.807) is 18.2 Å². The first-order valence-corrected chi connectivity index (χ1v) is 10.7. The largest absolute Gasteiger partial charge is 0.508 e. The summed E-state index contributed by atoms with van der Waals surface area (Å²) in [5, 5.41) is 12.7. The van der Waals surface area contributed by atoms with Crippen LogP contribution in [0.15, 0.2) is 24.3 Å². The van der Waals surface area contributed by atoms with E-state index < -0.39 is 0 Å². The van der Waals surface area contributed by atoms with Crippen molar-refractivity contribution >= 4 is 11.8 Å². The van der Waals surface area contributed by atoms with Crippen LogP contribution in [-0.2, 0) is 4.79 Å². The molecule has 0 saturated carbocycles. The molecule has 6 heteroatoms. The number of phenols is 1. The molecule has 0 spiro atoms. The van der Waals surface area contributed by atoms with Gasteiger partial charge in [-0.1, -0.05) is 13.0 Å². The number of likely N-dealkylation sites (tertiary alicyclic amines) is 2. The summed E-state index contributed by atoms with van der Waals surface area (Å²) < 4.78 is 0. The van der Waals surface area contributed by atoms with Gasteiger partial charge in [-0.2, -0.15) is 0 Å². The fourth-order valence-corrected chi connectivity index (χ4v) is 4.44. The molecule has 1 atom stereocenters. The summed E-state index contributed by atoms with van der Waals surface area (Å²) in [6.07, 6.45) is 5.74. The lowest BCUT2D eigenvalue weighted by Gasteiger charge is -2.32. The molecule has 2 saturated heterocycles. The van der Waals surface area contributed by atoms with E-state index in [4.69, 9.17) is 0 Å². The first-order valence-electron chi connectivity index (χ1n) is 10.7. The summed E-state index contributed by atoms with van der Waals surface area (Å²) in [4.78, 5) is 29.0. The van der Waals surface area contributed by atoms with E-state index in [0.717, 1.165) is 38.9 Å². The molecular weight excluding hydrogens is 354 g/mol. The van der Waals surface area contributed by atoms with Gasteiger partial charge in [0.25, 0.3) is 5.91 Å². The predicted molar refractivity (Wildman–Crippen MR) is 109 cm³/mol. The van der Waals surface area contributed by atoms with Crippen molar-refractivity contribution in [2.24, 2.45) is 5.92 Å². The minimum Gasteiger partial charge on any atom is -0.508 e. The van der Waals surface area contributed by atoms with Gasteiger partial charge in [0, 0.05) is 37.7 Å². The highest BCUT2D eigenvalue weighted by atomic mass is 16.3. The van der Waals surface area contributed by atoms with Gasteiger partial charge in [-0.05, 0) is 69.3 Å². The van der Waals surface area contributed by atoms with Gasteiger partial charge in [0.05, 0.1) is 0 Å². The molecule has 2 amide bonds. The normalized spacial score (nSPS) is 21.0. The summed E-state index contributed by atoms with van der Waals surface area (Å²) in [5.41, 5.74) is 0.533. The summed E-state index contributed by atoms with van der Waals surface area (Å²) in [6.45, 7) is 6.58. The maximum absolute atomic E-state index is 12.5. The van der Waals surface area contributed by atoms with Crippen LogP contribution in [0.2, 0.25) is 0 Å². The van der Waals surface area contributed by atoms with Crippen LogP contribution in [0, 0.1) is 5.92 Å². The van der Waals surface area contributed by atoms with Crippen LogP contribution in [0.5, 0.6) is 5.75 Å². The van der Waals surface area contributed by atoms with Crippen molar-refractivity contribution in [2.75, 3.05) is 32.7 Å². The molecule has 0 aromatic heterocycles. The Bertz CT molecular complexity index is 671. The fourth-order valence-electron chi connectivity index (χ4n) is 4.44. The van der Waals surface area contributed by atoms with Gasteiger partial charge < -0.3 is 15.3 Å². The molecule has 1 aromatic carbocycles. The lowest BCUT2D eigenvalue weighted by atomic mass is 9.91. The van der Waals surface area contributed by atoms with E-state index in [2.05, 4.69) is 17.1 Å². The Balaban J connectivity index is 1.35. The zero-order valence-corrected chi connectivity index (χ0v) is 16.9. The Labute approximate surface area is 167 Å². The third kappa shape index (κ3) is 5.47. The second kappa shape index (κ2) is 9.92. The minimum absolute atomic E-state index is 0.0239. The third-order valence-electron chi connectivity index (χ3n) is 6.21. The molecule has 6 nitrogen and oxygen atoms in total. The van der Waals surface area contributed by atoms with Gasteiger partial charge in [0.2, 0.25) is 5.91 Å². The number of amides is 2. The van der Waals surface area contributed by atoms with E-state index in [1.807, 2.05) is 4.90 Å². The van der Waals surface area contributed by atoms with E-state index in [1.165, 1.54) is 18.9 Å². The number of carbonyl (C=O) groups is 2. The SMILES string of the molecule is CCN1CCCC1CNC(=O)CCC1CCN(C(=O)c2cccc(O)c2)CC1. The number of carbonyl (C=O) groups excluding carboxylic acids is 2. The Morgan fingerprint density at radius 3 is 2.68 bits per heavy atom. The van der Waals surface area contributed by atoms with Crippen molar-refractivity contribution in [3.05, 3.63) is 29.8 Å². The molecule has 3 rings (SSSR count). The summed E-state index contributed by atoms with van der Waals surface area (Å²) >= 11 is 0. The zero-order chi connectivity index (χ0) is 19.9. The molecule has 154 valence electrons. The summed E-state index contributed by atoms with van der Waals surface area (Å²) in [6, 6.07) is 7.02. The van der Waals surface area contributed by atoms with Crippen LogP contribution in [-0.4, -0.2) is 65.5 Å². The average molecular weight is 388 g/mol. The molecular formula is C22H33N3O3. The average Bonchev–Trinajstić information content (AvgIpc) is 3.18. The molecule has 2 aliphatic rings. The van der Waals surface area contributed by atoms with Gasteiger partial charge in [0.1, 0.15) is 5.75 Å². The number of rotatable bonds is 7. The molecule has 2 fully saturated rings. The molecule has 0 bridgehead atoms. The van der Waals surface area contributed by atoms with Crippen molar-refractivity contribution in [3.63, 3.8) is 0 Å². The first kappa shape index (κ1) is 20.6. The number of likely N-dealkylation sites (N-methyl/N-ethyl adjacent to an activating group) is 1. The van der Waals surface area contributed by atoms with Crippen molar-refractivity contribution < 1.29 is 14.7 Å². The standard InChI is InChI=1S/C22H33N3O3/c1-2-24-12-4-6-19(24)16-23-21(27)9-8-17-10-13-25(14-11-17)22(28)18-5-3-7-20(26)15-18/h3,5,7,15,17,19,26H,2,4,6,8-14,16H2,1H3,(H,23,27). The van der Waals surface area contributed by atoms with Gasteiger partial charge >= 0.3 is 0 Å². The van der Waals surface area contributed by atoms with Crippen LogP contribution in [0.25, 0.3) is 0 Å². The van der Waals surface area contributed by atoms with Crippen LogP contribution in [0.4, 0.5) is 0 Å². The maximum atomic E-state index is 12.5. The second-order valence-electron chi connectivity index (χ2n) is 8.05. The molecule has 28 heavy (non-hydrogen) atoms. The molecule has 1 unspecified atom stereocenters.